The van der Waals surface area contributed by atoms with Crippen LogP contribution >= 0.6 is 0 Å². The number of anilines is 1. The number of hydrogen-bond acceptors (Lipinski definition) is 6. The van der Waals surface area contributed by atoms with Crippen LogP contribution in [0.5, 0.6) is 0 Å². The van der Waals surface area contributed by atoms with Crippen molar-refractivity contribution in [1.82, 2.24) is 15.1 Å². The van der Waals surface area contributed by atoms with Gasteiger partial charge in [0.2, 0.25) is 11.8 Å². The van der Waals surface area contributed by atoms with Gasteiger partial charge in [-0.15, -0.1) is 10.2 Å². The van der Waals surface area contributed by atoms with E-state index < -0.39 is 6.04 Å². The van der Waals surface area contributed by atoms with Gasteiger partial charge in [0.25, 0.3) is 5.89 Å². The maximum Gasteiger partial charge on any atom is 0.283 e. The Kier molecular flexibility index (Phi) is 6.72. The van der Waals surface area contributed by atoms with E-state index in [9.17, 15) is 9.18 Å². The molecule has 2 aromatic carbocycles. The highest BCUT2D eigenvalue weighted by Crippen LogP contribution is 2.26. The van der Waals surface area contributed by atoms with Crippen molar-refractivity contribution in [3.05, 3.63) is 90.3 Å². The van der Waals surface area contributed by atoms with E-state index in [0.29, 0.717) is 23.9 Å². The van der Waals surface area contributed by atoms with Crippen LogP contribution in [0.4, 0.5) is 10.1 Å². The first-order chi connectivity index (χ1) is 15.6. The molecule has 7 nitrogen and oxygen atoms in total. The van der Waals surface area contributed by atoms with E-state index in [2.05, 4.69) is 15.5 Å². The molecular weight excluding hydrogens is 411 g/mol. The fourth-order valence-corrected chi connectivity index (χ4v) is 3.48. The Bertz CT molecular complexity index is 1130. The monoisotopic (exact) mass is 434 g/mol. The highest BCUT2D eigenvalue weighted by Gasteiger charge is 2.29. The molecule has 2 heterocycles. The van der Waals surface area contributed by atoms with Gasteiger partial charge in [0.15, 0.2) is 5.76 Å². The molecule has 0 saturated carbocycles. The molecule has 8 heteroatoms. The van der Waals surface area contributed by atoms with Gasteiger partial charge < -0.3 is 14.2 Å². The summed E-state index contributed by atoms with van der Waals surface area (Å²) >= 11 is 0. The summed E-state index contributed by atoms with van der Waals surface area (Å²) in [5, 5.41) is 11.1. The fraction of sp³-hybridized carbons (Fsp3) is 0.208. The first-order valence-electron chi connectivity index (χ1n) is 10.4. The normalized spacial score (nSPS) is 12.1. The zero-order chi connectivity index (χ0) is 22.3. The number of rotatable bonds is 9. The molecule has 1 N–H and O–H groups in total. The van der Waals surface area contributed by atoms with Crippen LogP contribution in [-0.2, 0) is 11.3 Å². The highest BCUT2D eigenvalue weighted by atomic mass is 19.1. The predicted molar refractivity (Wildman–Crippen MR) is 117 cm³/mol. The van der Waals surface area contributed by atoms with Crippen LogP contribution in [0.15, 0.2) is 81.8 Å². The fourth-order valence-electron chi connectivity index (χ4n) is 3.48. The van der Waals surface area contributed by atoms with Crippen LogP contribution in [0.2, 0.25) is 0 Å². The van der Waals surface area contributed by atoms with Crippen LogP contribution in [-0.4, -0.2) is 27.5 Å². The third kappa shape index (κ3) is 5.09. The molecule has 2 aromatic heterocycles. The van der Waals surface area contributed by atoms with Crippen molar-refractivity contribution in [2.45, 2.75) is 25.9 Å². The lowest BCUT2D eigenvalue weighted by molar-refractivity contribution is -0.122. The topological polar surface area (TPSA) is 84.4 Å². The Hall–Kier alpha value is -3.78. The van der Waals surface area contributed by atoms with E-state index in [1.165, 1.54) is 30.5 Å². The molecule has 164 valence electrons. The number of amides is 1. The molecule has 0 fully saturated rings. The lowest BCUT2D eigenvalue weighted by atomic mass is 10.0. The minimum absolute atomic E-state index is 0.234. The standard InChI is InChI=1S/C24H23FN4O3/c1-2-14-29(16-21-27-28-24(32-21)20-9-6-15-31-20)22(17-7-4-3-5-8-17)23(30)26-19-12-10-18(25)11-13-19/h3-13,15,22H,2,14,16H2,1H3,(H,26,30)/t22-/m0/s1. The van der Waals surface area contributed by atoms with Crippen molar-refractivity contribution in [3.63, 3.8) is 0 Å². The number of furan rings is 1. The SMILES string of the molecule is CCCN(Cc1nnc(-c2ccco2)o1)[C@H](C(=O)Nc1ccc(F)cc1)c1ccccc1. The van der Waals surface area contributed by atoms with E-state index in [4.69, 9.17) is 8.83 Å². The Labute approximate surface area is 184 Å². The van der Waals surface area contributed by atoms with Crippen LogP contribution in [0, 0.1) is 5.82 Å². The minimum atomic E-state index is -0.611. The lowest BCUT2D eigenvalue weighted by Crippen LogP contribution is -2.37. The third-order valence-electron chi connectivity index (χ3n) is 4.89. The maximum absolute atomic E-state index is 13.4. The second kappa shape index (κ2) is 10.0. The van der Waals surface area contributed by atoms with E-state index in [1.54, 1.807) is 12.1 Å². The number of halogens is 1. The van der Waals surface area contributed by atoms with Gasteiger partial charge in [-0.3, -0.25) is 9.69 Å². The van der Waals surface area contributed by atoms with E-state index >= 15 is 0 Å². The summed E-state index contributed by atoms with van der Waals surface area (Å²) in [4.78, 5) is 15.3. The number of nitrogens with one attached hydrogen (secondary N) is 1. The first kappa shape index (κ1) is 21.5. The minimum Gasteiger partial charge on any atom is -0.459 e. The van der Waals surface area contributed by atoms with Crippen molar-refractivity contribution < 1.29 is 18.0 Å². The molecule has 0 aliphatic rings. The zero-order valence-electron chi connectivity index (χ0n) is 17.6. The molecule has 4 rings (SSSR count). The number of nitrogens with zero attached hydrogens (tertiary/aromatic N) is 3. The Morgan fingerprint density at radius 1 is 1.06 bits per heavy atom. The smallest absolute Gasteiger partial charge is 0.283 e. The molecular formula is C24H23FN4O3. The molecule has 0 saturated heterocycles. The van der Waals surface area contributed by atoms with Crippen LogP contribution < -0.4 is 5.32 Å². The number of carbonyl (C=O) groups excluding carboxylic acids is 1. The second-order valence-corrected chi connectivity index (χ2v) is 7.26. The van der Waals surface area contributed by atoms with Gasteiger partial charge >= 0.3 is 0 Å². The Morgan fingerprint density at radius 2 is 1.84 bits per heavy atom. The maximum atomic E-state index is 13.4. The van der Waals surface area contributed by atoms with Gasteiger partial charge in [-0.1, -0.05) is 37.3 Å². The molecule has 0 aliphatic carbocycles. The number of aromatic nitrogens is 2. The van der Waals surface area contributed by atoms with Gasteiger partial charge in [0, 0.05) is 5.69 Å². The van der Waals surface area contributed by atoms with E-state index in [1.807, 2.05) is 42.2 Å². The predicted octanol–water partition coefficient (Wildman–Crippen LogP) is 5.06. The average Bonchev–Trinajstić information content (AvgIpc) is 3.49. The van der Waals surface area contributed by atoms with E-state index in [0.717, 1.165) is 12.0 Å². The van der Waals surface area contributed by atoms with Crippen molar-refractivity contribution in [1.29, 1.82) is 0 Å². The number of benzene rings is 2. The zero-order valence-corrected chi connectivity index (χ0v) is 17.6. The number of hydrogen-bond donors (Lipinski definition) is 1. The van der Waals surface area contributed by atoms with Crippen LogP contribution in [0.1, 0.15) is 30.8 Å². The van der Waals surface area contributed by atoms with Gasteiger partial charge in [-0.25, -0.2) is 4.39 Å². The molecule has 0 radical (unpaired) electrons. The molecule has 0 bridgehead atoms. The average molecular weight is 434 g/mol. The van der Waals surface area contributed by atoms with Crippen molar-refractivity contribution in [2.75, 3.05) is 11.9 Å². The van der Waals surface area contributed by atoms with Gasteiger partial charge in [0.1, 0.15) is 11.9 Å². The Balaban J connectivity index is 1.61. The summed E-state index contributed by atoms with van der Waals surface area (Å²) in [6.07, 6.45) is 2.35. The van der Waals surface area contributed by atoms with Crippen molar-refractivity contribution in [2.24, 2.45) is 0 Å². The molecule has 4 aromatic rings. The Morgan fingerprint density at radius 3 is 2.53 bits per heavy atom. The summed E-state index contributed by atoms with van der Waals surface area (Å²) < 4.78 is 24.4. The number of carbonyl (C=O) groups is 1. The quantitative estimate of drug-likeness (QED) is 0.396. The van der Waals surface area contributed by atoms with Crippen molar-refractivity contribution in [3.8, 4) is 11.7 Å². The molecule has 0 aliphatic heterocycles. The largest absolute Gasteiger partial charge is 0.459 e. The lowest BCUT2D eigenvalue weighted by Gasteiger charge is -2.29. The molecule has 0 spiro atoms. The van der Waals surface area contributed by atoms with Crippen LogP contribution in [0.25, 0.3) is 11.7 Å². The van der Waals surface area contributed by atoms with E-state index in [-0.39, 0.29) is 24.2 Å². The van der Waals surface area contributed by atoms with Gasteiger partial charge in [0.05, 0.1) is 12.8 Å². The highest BCUT2D eigenvalue weighted by molar-refractivity contribution is 5.95. The molecule has 1 amide bonds. The molecule has 32 heavy (non-hydrogen) atoms. The summed E-state index contributed by atoms with van der Waals surface area (Å²) in [5.41, 5.74) is 1.35. The summed E-state index contributed by atoms with van der Waals surface area (Å²) in [6, 6.07) is 18.0. The van der Waals surface area contributed by atoms with Gasteiger partial charge in [-0.05, 0) is 54.9 Å². The summed E-state index contributed by atoms with van der Waals surface area (Å²) in [7, 11) is 0. The first-order valence-corrected chi connectivity index (χ1v) is 10.4. The van der Waals surface area contributed by atoms with Gasteiger partial charge in [-0.2, -0.15) is 0 Å². The molecule has 0 unspecified atom stereocenters. The summed E-state index contributed by atoms with van der Waals surface area (Å²) in [5.74, 6) is 0.550. The molecule has 1 atom stereocenters. The second-order valence-electron chi connectivity index (χ2n) is 7.26. The van der Waals surface area contributed by atoms with Crippen LogP contribution in [0.3, 0.4) is 0 Å². The summed E-state index contributed by atoms with van der Waals surface area (Å²) in [6.45, 7) is 2.93. The third-order valence-corrected chi connectivity index (χ3v) is 4.89. The van der Waals surface area contributed by atoms with Crippen molar-refractivity contribution >= 4 is 11.6 Å².